The smallest absolute Gasteiger partial charge is 0.239 e. The number of carbonyl (C=O) groups is 3. The fourth-order valence-corrected chi connectivity index (χ4v) is 3.49. The predicted molar refractivity (Wildman–Crippen MR) is 84.4 cm³/mol. The van der Waals surface area contributed by atoms with Crippen molar-refractivity contribution >= 4 is 40.4 Å². The Labute approximate surface area is 117 Å². The lowest BCUT2D eigenvalue weighted by molar-refractivity contribution is -0.125. The van der Waals surface area contributed by atoms with Crippen LogP contribution in [-0.4, -0.2) is 49.6 Å². The maximum atomic E-state index is 11.8. The number of ketones is 1. The Morgan fingerprint density at radius 1 is 1.21 bits per heavy atom. The molecule has 0 bridgehead atoms. The van der Waals surface area contributed by atoms with Gasteiger partial charge in [-0.15, -0.1) is 0 Å². The zero-order chi connectivity index (χ0) is 15.1. The molecule has 0 aromatic carbocycles. The molecule has 0 fully saturated rings. The van der Waals surface area contributed by atoms with Crippen LogP contribution >= 0.6 is 16.8 Å². The fourth-order valence-electron chi connectivity index (χ4n) is 1.81. The Morgan fingerprint density at radius 3 is 2.26 bits per heavy atom. The van der Waals surface area contributed by atoms with Crippen molar-refractivity contribution in [1.29, 1.82) is 0 Å². The van der Waals surface area contributed by atoms with Crippen LogP contribution in [0, 0.1) is 5.41 Å². The topological polar surface area (TPSA) is 75.3 Å². The zero-order valence-electron chi connectivity index (χ0n) is 11.8. The van der Waals surface area contributed by atoms with E-state index < -0.39 is 0 Å². The lowest BCUT2D eigenvalue weighted by Gasteiger charge is -2.19. The van der Waals surface area contributed by atoms with Crippen molar-refractivity contribution in [2.24, 2.45) is 5.41 Å². The van der Waals surface area contributed by atoms with Crippen LogP contribution in [0.1, 0.15) is 20.3 Å². The summed E-state index contributed by atoms with van der Waals surface area (Å²) in [5.41, 5.74) is -0.437. The third kappa shape index (κ3) is 10.8. The third-order valence-corrected chi connectivity index (χ3v) is 3.88. The number of rotatable bonds is 8. The van der Waals surface area contributed by atoms with Crippen molar-refractivity contribution < 1.29 is 14.4 Å². The fraction of sp³-hybridized carbons (Fsp3) is 0.667. The summed E-state index contributed by atoms with van der Waals surface area (Å²) in [4.78, 5) is 33.6. The van der Waals surface area contributed by atoms with E-state index in [1.54, 1.807) is 0 Å². The third-order valence-electron chi connectivity index (χ3n) is 2.28. The van der Waals surface area contributed by atoms with Crippen molar-refractivity contribution in [3.63, 3.8) is 0 Å². The first-order valence-electron chi connectivity index (χ1n) is 5.96. The van der Waals surface area contributed by atoms with E-state index in [4.69, 9.17) is 0 Å². The molecule has 0 saturated carbocycles. The summed E-state index contributed by atoms with van der Waals surface area (Å²) in [6.45, 7) is 6.04. The van der Waals surface area contributed by atoms with Gasteiger partial charge in [-0.1, -0.05) is 13.8 Å². The summed E-state index contributed by atoms with van der Waals surface area (Å²) in [6, 6.07) is 0. The average Bonchev–Trinajstić information content (AvgIpc) is 2.20. The molecule has 0 heterocycles. The molecule has 0 rings (SSSR count). The number of hydrogen-bond donors (Lipinski definition) is 2. The van der Waals surface area contributed by atoms with Gasteiger partial charge in [0, 0.05) is 11.8 Å². The second-order valence-electron chi connectivity index (χ2n) is 5.39. The SMILES string of the molecule is C=[P+](C)CC(C)(C)CC(=O)CNC(=O)CNC(=O)P. The van der Waals surface area contributed by atoms with E-state index in [2.05, 4.69) is 23.6 Å². The molecule has 0 aromatic rings. The van der Waals surface area contributed by atoms with Gasteiger partial charge in [-0.2, -0.15) is 0 Å². The Balaban J connectivity index is 4.01. The minimum absolute atomic E-state index is 0.00704. The highest BCUT2D eigenvalue weighted by molar-refractivity contribution is 7.55. The molecule has 0 aromatic heterocycles. The van der Waals surface area contributed by atoms with Crippen molar-refractivity contribution in [3.8, 4) is 0 Å². The molecule has 2 unspecified atom stereocenters. The standard InChI is InChI=1S/C12H22N2O3P2/c1-12(2,8-19(3)4)5-9(15)6-13-10(16)7-14-11(17)18/h3,5-8,18H2,1-2,4H3,(H-,13,14,16,17)/p+1. The summed E-state index contributed by atoms with van der Waals surface area (Å²) >= 11 is 0. The first-order valence-corrected chi connectivity index (χ1v) is 8.69. The van der Waals surface area contributed by atoms with Gasteiger partial charge >= 0.3 is 0 Å². The molecule has 7 heteroatoms. The van der Waals surface area contributed by atoms with E-state index in [0.717, 1.165) is 6.16 Å². The molecule has 2 atom stereocenters. The van der Waals surface area contributed by atoms with Crippen LogP contribution < -0.4 is 10.6 Å². The molecule has 0 aliphatic heterocycles. The lowest BCUT2D eigenvalue weighted by atomic mass is 9.89. The van der Waals surface area contributed by atoms with Crippen LogP contribution in [-0.2, 0) is 9.59 Å². The van der Waals surface area contributed by atoms with Crippen molar-refractivity contribution in [2.45, 2.75) is 20.3 Å². The molecule has 2 N–H and O–H groups in total. The highest BCUT2D eigenvalue weighted by Crippen LogP contribution is 2.31. The highest BCUT2D eigenvalue weighted by Gasteiger charge is 2.26. The molecule has 0 aliphatic rings. The van der Waals surface area contributed by atoms with E-state index in [1.165, 1.54) is 0 Å². The summed E-state index contributed by atoms with van der Waals surface area (Å²) in [5, 5.41) is 4.83. The van der Waals surface area contributed by atoms with Gasteiger partial charge in [-0.05, 0) is 9.24 Å². The van der Waals surface area contributed by atoms with Crippen LogP contribution in [0.4, 0.5) is 4.79 Å². The molecule has 5 nitrogen and oxygen atoms in total. The largest absolute Gasteiger partial charge is 0.347 e. The number of amides is 2. The molecule has 2 amide bonds. The van der Waals surface area contributed by atoms with Gasteiger partial charge in [0.05, 0.1) is 33.6 Å². The van der Waals surface area contributed by atoms with Gasteiger partial charge in [-0.3, -0.25) is 14.4 Å². The maximum Gasteiger partial charge on any atom is 0.239 e. The van der Waals surface area contributed by atoms with Crippen molar-refractivity contribution in [2.75, 3.05) is 25.9 Å². The first kappa shape index (κ1) is 18.2. The Kier molecular flexibility index (Phi) is 8.05. The summed E-state index contributed by atoms with van der Waals surface area (Å²) in [6.07, 6.45) is 5.33. The van der Waals surface area contributed by atoms with E-state index in [-0.39, 0.29) is 43.4 Å². The van der Waals surface area contributed by atoms with Crippen molar-refractivity contribution in [3.05, 3.63) is 0 Å². The molecule has 0 aliphatic carbocycles. The maximum absolute atomic E-state index is 11.8. The van der Waals surface area contributed by atoms with E-state index in [1.807, 2.05) is 23.1 Å². The van der Waals surface area contributed by atoms with Crippen LogP contribution in [0.15, 0.2) is 0 Å². The number of carbonyl (C=O) groups excluding carboxylic acids is 3. The average molecular weight is 305 g/mol. The normalized spacial score (nSPS) is 11.7. The molecule has 0 spiro atoms. The monoisotopic (exact) mass is 305 g/mol. The molecular formula is C12H23N2O3P2+. The second-order valence-corrected chi connectivity index (χ2v) is 7.94. The van der Waals surface area contributed by atoms with Crippen LogP contribution in [0.2, 0.25) is 0 Å². The molecule has 108 valence electrons. The van der Waals surface area contributed by atoms with Gasteiger partial charge in [0.15, 0.2) is 5.78 Å². The van der Waals surface area contributed by atoms with Gasteiger partial charge in [0.25, 0.3) is 0 Å². The lowest BCUT2D eigenvalue weighted by Crippen LogP contribution is -2.38. The molecule has 0 radical (unpaired) electrons. The minimum atomic E-state index is -0.364. The second kappa shape index (κ2) is 8.39. The quantitative estimate of drug-likeness (QED) is 0.662. The molecule has 19 heavy (non-hydrogen) atoms. The van der Waals surface area contributed by atoms with E-state index >= 15 is 0 Å². The van der Waals surface area contributed by atoms with E-state index in [9.17, 15) is 14.4 Å². The highest BCUT2D eigenvalue weighted by atomic mass is 31.1. The van der Waals surface area contributed by atoms with E-state index in [0.29, 0.717) is 6.42 Å². The van der Waals surface area contributed by atoms with Crippen molar-refractivity contribution in [1.82, 2.24) is 10.6 Å². The summed E-state index contributed by atoms with van der Waals surface area (Å²) in [7, 11) is 1.62. The van der Waals surface area contributed by atoms with Crippen LogP contribution in [0.25, 0.3) is 0 Å². The first-order chi connectivity index (χ1) is 8.62. The number of nitrogens with one attached hydrogen (secondary N) is 2. The Bertz CT molecular complexity index is 381. The van der Waals surface area contributed by atoms with Gasteiger partial charge in [-0.25, -0.2) is 0 Å². The van der Waals surface area contributed by atoms with Gasteiger partial charge in [0.1, 0.15) is 6.16 Å². The minimum Gasteiger partial charge on any atom is -0.347 e. The predicted octanol–water partition coefficient (Wildman–Crippen LogP) is 1.22. The Morgan fingerprint density at radius 2 is 1.79 bits per heavy atom. The van der Waals surface area contributed by atoms with Crippen LogP contribution in [0.3, 0.4) is 0 Å². The Hall–Kier alpha value is -0.790. The molecular weight excluding hydrogens is 282 g/mol. The number of hydrogen-bond acceptors (Lipinski definition) is 3. The van der Waals surface area contributed by atoms with Gasteiger partial charge < -0.3 is 10.6 Å². The van der Waals surface area contributed by atoms with Crippen LogP contribution in [0.5, 0.6) is 0 Å². The van der Waals surface area contributed by atoms with Gasteiger partial charge in [0.2, 0.25) is 11.6 Å². The zero-order valence-corrected chi connectivity index (χ0v) is 13.8. The summed E-state index contributed by atoms with van der Waals surface area (Å²) < 4.78 is 0. The molecule has 0 saturated heterocycles. The summed E-state index contributed by atoms with van der Waals surface area (Å²) in [5.74, 6) is -0.371. The number of Topliss-reactive ketones (excluding diaryl/α,β-unsaturated/α-hetero) is 1.